The Morgan fingerprint density at radius 2 is 1.75 bits per heavy atom. The second-order valence-electron chi connectivity index (χ2n) is 7.92. The van der Waals surface area contributed by atoms with Crippen LogP contribution in [-0.2, 0) is 9.53 Å². The first-order chi connectivity index (χ1) is 15.5. The van der Waals surface area contributed by atoms with Gasteiger partial charge in [-0.1, -0.05) is 0 Å². The van der Waals surface area contributed by atoms with E-state index in [4.69, 9.17) is 14.2 Å². The predicted molar refractivity (Wildman–Crippen MR) is 121 cm³/mol. The Balaban J connectivity index is 1.49. The maximum Gasteiger partial charge on any atom is 0.260 e. The maximum absolute atomic E-state index is 12.6. The molecule has 1 aromatic carbocycles. The zero-order valence-corrected chi connectivity index (χ0v) is 18.9. The highest BCUT2D eigenvalue weighted by Gasteiger charge is 2.28. The van der Waals surface area contributed by atoms with Crippen molar-refractivity contribution >= 4 is 17.5 Å². The zero-order valence-electron chi connectivity index (χ0n) is 18.9. The molecule has 3 rings (SSSR count). The van der Waals surface area contributed by atoms with Gasteiger partial charge in [0.25, 0.3) is 11.8 Å². The number of likely N-dealkylation sites (tertiary alicyclic amines) is 1. The number of hydrogen-bond donors (Lipinski definition) is 1. The number of piperidine rings is 1. The van der Waals surface area contributed by atoms with E-state index in [0.29, 0.717) is 36.1 Å². The summed E-state index contributed by atoms with van der Waals surface area (Å²) in [7, 11) is 1.60. The van der Waals surface area contributed by atoms with Gasteiger partial charge in [0.15, 0.2) is 6.61 Å². The van der Waals surface area contributed by atoms with Crippen molar-refractivity contribution in [3.8, 4) is 11.6 Å². The van der Waals surface area contributed by atoms with Gasteiger partial charge in [0.1, 0.15) is 12.4 Å². The summed E-state index contributed by atoms with van der Waals surface area (Å²) in [5.74, 6) is 0.739. The predicted octanol–water partition coefficient (Wildman–Crippen LogP) is 3.53. The number of amides is 2. The van der Waals surface area contributed by atoms with Gasteiger partial charge in [-0.3, -0.25) is 9.59 Å². The van der Waals surface area contributed by atoms with E-state index in [1.54, 1.807) is 43.5 Å². The minimum atomic E-state index is -0.265. The van der Waals surface area contributed by atoms with Crippen LogP contribution in [0.5, 0.6) is 11.6 Å². The standard InChI is InChI=1S/C24H31N3O5/c1-17-5-4-6-18(2)27(17)23(28)16-32-21-10-7-19(8-11-21)24(29)26-20-9-12-22(25-15-20)31-14-13-30-3/h7-12,15,17-18H,4-6,13-14,16H2,1-3H3,(H,26,29). The lowest BCUT2D eigenvalue weighted by molar-refractivity contribution is -0.139. The number of carbonyl (C=O) groups excluding carboxylic acids is 2. The van der Waals surface area contributed by atoms with Crippen LogP contribution in [0.15, 0.2) is 42.6 Å². The summed E-state index contributed by atoms with van der Waals surface area (Å²) in [6.45, 7) is 5.04. The number of hydrogen-bond acceptors (Lipinski definition) is 6. The monoisotopic (exact) mass is 441 g/mol. The molecular formula is C24H31N3O5. The van der Waals surface area contributed by atoms with E-state index in [1.807, 2.05) is 4.90 Å². The van der Waals surface area contributed by atoms with Gasteiger partial charge in [-0.05, 0) is 63.4 Å². The molecule has 1 N–H and O–H groups in total. The summed E-state index contributed by atoms with van der Waals surface area (Å²) in [5, 5.41) is 2.79. The van der Waals surface area contributed by atoms with Crippen molar-refractivity contribution < 1.29 is 23.8 Å². The molecule has 2 aromatic rings. The van der Waals surface area contributed by atoms with Crippen molar-refractivity contribution in [2.24, 2.45) is 0 Å². The van der Waals surface area contributed by atoms with Crippen LogP contribution in [0, 0.1) is 0 Å². The van der Waals surface area contributed by atoms with E-state index >= 15 is 0 Å². The Kier molecular flexibility index (Phi) is 8.44. The highest BCUT2D eigenvalue weighted by molar-refractivity contribution is 6.04. The molecule has 2 heterocycles. The van der Waals surface area contributed by atoms with Crippen molar-refractivity contribution in [1.29, 1.82) is 0 Å². The fourth-order valence-electron chi connectivity index (χ4n) is 3.81. The van der Waals surface area contributed by atoms with E-state index < -0.39 is 0 Å². The van der Waals surface area contributed by atoms with Gasteiger partial charge in [0, 0.05) is 30.8 Å². The topological polar surface area (TPSA) is 90.0 Å². The minimum absolute atomic E-state index is 0.00586. The van der Waals surface area contributed by atoms with Gasteiger partial charge in [0.05, 0.1) is 18.5 Å². The highest BCUT2D eigenvalue weighted by atomic mass is 16.5. The van der Waals surface area contributed by atoms with Crippen LogP contribution in [0.1, 0.15) is 43.5 Å². The molecular weight excluding hydrogens is 410 g/mol. The number of methoxy groups -OCH3 is 1. The number of benzene rings is 1. The minimum Gasteiger partial charge on any atom is -0.484 e. The van der Waals surface area contributed by atoms with Crippen molar-refractivity contribution in [3.05, 3.63) is 48.2 Å². The summed E-state index contributed by atoms with van der Waals surface area (Å²) in [4.78, 5) is 31.1. The van der Waals surface area contributed by atoms with Crippen LogP contribution in [0.2, 0.25) is 0 Å². The molecule has 1 aromatic heterocycles. The molecule has 2 unspecified atom stereocenters. The number of nitrogens with zero attached hydrogens (tertiary/aromatic N) is 2. The summed E-state index contributed by atoms with van der Waals surface area (Å²) in [6, 6.07) is 10.6. The summed E-state index contributed by atoms with van der Waals surface area (Å²) in [5.41, 5.74) is 1.03. The van der Waals surface area contributed by atoms with Gasteiger partial charge in [0.2, 0.25) is 5.88 Å². The first-order valence-corrected chi connectivity index (χ1v) is 10.9. The number of ether oxygens (including phenoxy) is 3. The number of carbonyl (C=O) groups is 2. The van der Waals surface area contributed by atoms with Crippen LogP contribution in [0.25, 0.3) is 0 Å². The first kappa shape index (κ1) is 23.5. The third kappa shape index (κ3) is 6.43. The third-order valence-corrected chi connectivity index (χ3v) is 5.49. The smallest absolute Gasteiger partial charge is 0.260 e. The quantitative estimate of drug-likeness (QED) is 0.599. The average molecular weight is 442 g/mol. The van der Waals surface area contributed by atoms with Crippen LogP contribution >= 0.6 is 0 Å². The Bertz CT molecular complexity index is 876. The molecule has 8 nitrogen and oxygen atoms in total. The molecule has 172 valence electrons. The van der Waals surface area contributed by atoms with Gasteiger partial charge in [-0.15, -0.1) is 0 Å². The van der Waals surface area contributed by atoms with Crippen LogP contribution in [0.3, 0.4) is 0 Å². The van der Waals surface area contributed by atoms with Gasteiger partial charge in [-0.2, -0.15) is 0 Å². The Morgan fingerprint density at radius 1 is 1.03 bits per heavy atom. The second-order valence-corrected chi connectivity index (χ2v) is 7.92. The fourth-order valence-corrected chi connectivity index (χ4v) is 3.81. The second kappa shape index (κ2) is 11.5. The van der Waals surface area contributed by atoms with Crippen molar-refractivity contribution in [1.82, 2.24) is 9.88 Å². The first-order valence-electron chi connectivity index (χ1n) is 10.9. The summed E-state index contributed by atoms with van der Waals surface area (Å²) >= 11 is 0. The van der Waals surface area contributed by atoms with Gasteiger partial charge >= 0.3 is 0 Å². The molecule has 0 radical (unpaired) electrons. The number of anilines is 1. The average Bonchev–Trinajstić information content (AvgIpc) is 2.79. The van der Waals surface area contributed by atoms with Crippen molar-refractivity contribution in [2.75, 3.05) is 32.2 Å². The highest BCUT2D eigenvalue weighted by Crippen LogP contribution is 2.23. The lowest BCUT2D eigenvalue weighted by Crippen LogP contribution is -2.49. The van der Waals surface area contributed by atoms with Gasteiger partial charge in [-0.25, -0.2) is 4.98 Å². The summed E-state index contributed by atoms with van der Waals surface area (Å²) in [6.07, 6.45) is 4.74. The van der Waals surface area contributed by atoms with Crippen LogP contribution < -0.4 is 14.8 Å². The Hall–Kier alpha value is -3.13. The molecule has 0 aliphatic carbocycles. The molecule has 32 heavy (non-hydrogen) atoms. The lowest BCUT2D eigenvalue weighted by atomic mass is 9.97. The van der Waals surface area contributed by atoms with Crippen molar-refractivity contribution in [3.63, 3.8) is 0 Å². The summed E-state index contributed by atoms with van der Waals surface area (Å²) < 4.78 is 16.0. The molecule has 0 bridgehead atoms. The molecule has 1 aliphatic rings. The normalized spacial score (nSPS) is 18.2. The number of rotatable bonds is 9. The molecule has 0 saturated carbocycles. The van der Waals surface area contributed by atoms with E-state index in [2.05, 4.69) is 24.1 Å². The molecule has 8 heteroatoms. The largest absolute Gasteiger partial charge is 0.484 e. The van der Waals surface area contributed by atoms with E-state index in [9.17, 15) is 9.59 Å². The Labute approximate surface area is 188 Å². The molecule has 0 spiro atoms. The molecule has 1 aliphatic heterocycles. The van der Waals surface area contributed by atoms with E-state index in [0.717, 1.165) is 19.3 Å². The number of aromatic nitrogens is 1. The molecule has 2 atom stereocenters. The molecule has 1 saturated heterocycles. The lowest BCUT2D eigenvalue weighted by Gasteiger charge is -2.38. The number of nitrogens with one attached hydrogen (secondary N) is 1. The SMILES string of the molecule is COCCOc1ccc(NC(=O)c2ccc(OCC(=O)N3C(C)CCCC3C)cc2)cn1. The van der Waals surface area contributed by atoms with E-state index in [1.165, 1.54) is 6.20 Å². The van der Waals surface area contributed by atoms with Crippen molar-refractivity contribution in [2.45, 2.75) is 45.2 Å². The Morgan fingerprint density at radius 3 is 2.38 bits per heavy atom. The van der Waals surface area contributed by atoms with E-state index in [-0.39, 0.29) is 30.5 Å². The number of pyridine rings is 1. The zero-order chi connectivity index (χ0) is 22.9. The maximum atomic E-state index is 12.6. The van der Waals surface area contributed by atoms with Gasteiger partial charge < -0.3 is 24.4 Å². The van der Waals surface area contributed by atoms with Crippen LogP contribution in [0.4, 0.5) is 5.69 Å². The molecule has 2 amide bonds. The molecule has 1 fully saturated rings. The fraction of sp³-hybridized carbons (Fsp3) is 0.458. The third-order valence-electron chi connectivity index (χ3n) is 5.49. The van der Waals surface area contributed by atoms with Crippen LogP contribution in [-0.4, -0.2) is 60.7 Å².